The summed E-state index contributed by atoms with van der Waals surface area (Å²) < 4.78 is 2.51. The molecule has 0 atom stereocenters. The zero-order chi connectivity index (χ0) is 13.6. The van der Waals surface area contributed by atoms with Crippen LogP contribution in [0.25, 0.3) is 11.3 Å². The second-order valence-electron chi connectivity index (χ2n) is 6.79. The molecule has 0 spiro atoms. The van der Waals surface area contributed by atoms with Crippen molar-refractivity contribution in [2.45, 2.75) is 52.0 Å². The van der Waals surface area contributed by atoms with E-state index in [1.165, 1.54) is 35.4 Å². The third kappa shape index (κ3) is 2.34. The Morgan fingerprint density at radius 1 is 0.947 bits per heavy atom. The number of nitrogens with zero attached hydrogens (tertiary/aromatic N) is 1. The second kappa shape index (κ2) is 4.26. The molecule has 1 fully saturated rings. The summed E-state index contributed by atoms with van der Waals surface area (Å²) in [4.78, 5) is 0. The average Bonchev–Trinajstić information content (AvgIpc) is 3.12. The molecule has 19 heavy (non-hydrogen) atoms. The molecular weight excluding hydrogens is 230 g/mol. The van der Waals surface area contributed by atoms with Gasteiger partial charge in [0.1, 0.15) is 0 Å². The third-order valence-electron chi connectivity index (χ3n) is 4.08. The molecule has 1 heteroatoms. The van der Waals surface area contributed by atoms with Crippen LogP contribution in [0.15, 0.2) is 36.4 Å². The zero-order valence-electron chi connectivity index (χ0n) is 12.4. The van der Waals surface area contributed by atoms with E-state index in [9.17, 15) is 0 Å². The third-order valence-corrected chi connectivity index (χ3v) is 4.08. The van der Waals surface area contributed by atoms with Crippen LogP contribution in [0.5, 0.6) is 0 Å². The van der Waals surface area contributed by atoms with Gasteiger partial charge in [0.05, 0.1) is 0 Å². The van der Waals surface area contributed by atoms with E-state index in [1.807, 2.05) is 0 Å². The second-order valence-corrected chi connectivity index (χ2v) is 6.79. The van der Waals surface area contributed by atoms with Gasteiger partial charge in [0.2, 0.25) is 0 Å². The van der Waals surface area contributed by atoms with Crippen molar-refractivity contribution in [3.8, 4) is 11.3 Å². The molecule has 0 N–H and O–H groups in total. The highest BCUT2D eigenvalue weighted by atomic mass is 15.1. The van der Waals surface area contributed by atoms with Gasteiger partial charge in [-0.15, -0.1) is 0 Å². The van der Waals surface area contributed by atoms with Crippen LogP contribution >= 0.6 is 0 Å². The normalized spacial score (nSPS) is 15.8. The Labute approximate surface area is 116 Å². The molecule has 0 amide bonds. The summed E-state index contributed by atoms with van der Waals surface area (Å²) in [7, 11) is 0. The summed E-state index contributed by atoms with van der Waals surface area (Å²) in [6.07, 6.45) is 2.67. The molecule has 1 aliphatic rings. The van der Waals surface area contributed by atoms with Crippen molar-refractivity contribution < 1.29 is 0 Å². The van der Waals surface area contributed by atoms with Crippen molar-refractivity contribution in [1.29, 1.82) is 0 Å². The first-order valence-electron chi connectivity index (χ1n) is 7.25. The van der Waals surface area contributed by atoms with Crippen molar-refractivity contribution in [2.75, 3.05) is 0 Å². The van der Waals surface area contributed by atoms with Gasteiger partial charge in [-0.3, -0.25) is 0 Å². The number of hydrogen-bond donors (Lipinski definition) is 0. The van der Waals surface area contributed by atoms with Crippen LogP contribution in [-0.4, -0.2) is 4.57 Å². The van der Waals surface area contributed by atoms with Crippen molar-refractivity contribution in [2.24, 2.45) is 0 Å². The number of hydrogen-bond acceptors (Lipinski definition) is 0. The van der Waals surface area contributed by atoms with E-state index in [-0.39, 0.29) is 5.41 Å². The van der Waals surface area contributed by atoms with Gasteiger partial charge in [0, 0.05) is 17.4 Å². The quantitative estimate of drug-likeness (QED) is 0.702. The summed E-state index contributed by atoms with van der Waals surface area (Å²) in [6, 6.07) is 14.3. The van der Waals surface area contributed by atoms with Gasteiger partial charge in [-0.2, -0.15) is 0 Å². The summed E-state index contributed by atoms with van der Waals surface area (Å²) in [5, 5.41) is 0. The molecule has 3 rings (SSSR count). The SMILES string of the molecule is Cc1ccc(-c2ccc(C(C)(C)C)cc2)n1C1CC1. The topological polar surface area (TPSA) is 4.93 Å². The summed E-state index contributed by atoms with van der Waals surface area (Å²) >= 11 is 0. The van der Waals surface area contributed by atoms with Crippen LogP contribution in [0.1, 0.15) is 50.9 Å². The molecule has 0 saturated heterocycles. The highest BCUT2D eigenvalue weighted by Crippen LogP contribution is 2.40. The van der Waals surface area contributed by atoms with Crippen molar-refractivity contribution in [3.05, 3.63) is 47.7 Å². The smallest absolute Gasteiger partial charge is 0.0484 e. The van der Waals surface area contributed by atoms with Crippen molar-refractivity contribution in [3.63, 3.8) is 0 Å². The molecule has 1 aromatic heterocycles. The Morgan fingerprint density at radius 3 is 2.11 bits per heavy atom. The highest BCUT2D eigenvalue weighted by molar-refractivity contribution is 5.62. The number of aryl methyl sites for hydroxylation is 1. The molecule has 0 radical (unpaired) electrons. The van der Waals surface area contributed by atoms with E-state index in [1.54, 1.807) is 0 Å². The van der Waals surface area contributed by atoms with Crippen molar-refractivity contribution in [1.82, 2.24) is 4.57 Å². The van der Waals surface area contributed by atoms with Gasteiger partial charge in [-0.1, -0.05) is 45.0 Å². The highest BCUT2D eigenvalue weighted by Gasteiger charge is 2.26. The Balaban J connectivity index is 1.99. The lowest BCUT2D eigenvalue weighted by Gasteiger charge is -2.19. The molecule has 0 bridgehead atoms. The maximum absolute atomic E-state index is 2.51. The lowest BCUT2D eigenvalue weighted by atomic mass is 9.86. The predicted molar refractivity (Wildman–Crippen MR) is 81.6 cm³/mol. The lowest BCUT2D eigenvalue weighted by molar-refractivity contribution is 0.590. The first-order valence-corrected chi connectivity index (χ1v) is 7.25. The molecule has 0 unspecified atom stereocenters. The van der Waals surface area contributed by atoms with E-state index in [2.05, 4.69) is 68.7 Å². The van der Waals surface area contributed by atoms with Gasteiger partial charge in [0.15, 0.2) is 0 Å². The number of aromatic nitrogens is 1. The molecule has 2 aromatic rings. The lowest BCUT2D eigenvalue weighted by Crippen LogP contribution is -2.10. The minimum Gasteiger partial charge on any atom is -0.342 e. The summed E-state index contributed by atoms with van der Waals surface area (Å²) in [6.45, 7) is 9.00. The van der Waals surface area contributed by atoms with Gasteiger partial charge >= 0.3 is 0 Å². The fourth-order valence-corrected chi connectivity index (χ4v) is 2.74. The first-order chi connectivity index (χ1) is 8.97. The summed E-state index contributed by atoms with van der Waals surface area (Å²) in [5.41, 5.74) is 5.73. The number of benzene rings is 1. The molecule has 0 aliphatic heterocycles. The van der Waals surface area contributed by atoms with E-state index in [0.717, 1.165) is 6.04 Å². The Morgan fingerprint density at radius 2 is 1.58 bits per heavy atom. The minimum absolute atomic E-state index is 0.229. The van der Waals surface area contributed by atoms with Crippen LogP contribution < -0.4 is 0 Å². The van der Waals surface area contributed by atoms with E-state index in [0.29, 0.717) is 0 Å². The van der Waals surface area contributed by atoms with Crippen LogP contribution in [0.4, 0.5) is 0 Å². The zero-order valence-corrected chi connectivity index (χ0v) is 12.4. The molecule has 1 saturated carbocycles. The van der Waals surface area contributed by atoms with Crippen LogP contribution in [0, 0.1) is 6.92 Å². The molecular formula is C18H23N. The van der Waals surface area contributed by atoms with Crippen LogP contribution in [0.3, 0.4) is 0 Å². The summed E-state index contributed by atoms with van der Waals surface area (Å²) in [5.74, 6) is 0. The molecule has 1 aromatic carbocycles. The minimum atomic E-state index is 0.229. The van der Waals surface area contributed by atoms with Crippen LogP contribution in [-0.2, 0) is 5.41 Å². The van der Waals surface area contributed by atoms with E-state index in [4.69, 9.17) is 0 Å². The standard InChI is InChI=1S/C18H23N/c1-13-5-12-17(19(13)16-10-11-16)14-6-8-15(9-7-14)18(2,3)4/h5-9,12,16H,10-11H2,1-4H3. The van der Waals surface area contributed by atoms with Crippen molar-refractivity contribution >= 4 is 0 Å². The van der Waals surface area contributed by atoms with Gasteiger partial charge in [-0.25, -0.2) is 0 Å². The fourth-order valence-electron chi connectivity index (χ4n) is 2.74. The Bertz CT molecular complexity index is 577. The fraction of sp³-hybridized carbons (Fsp3) is 0.444. The largest absolute Gasteiger partial charge is 0.342 e. The van der Waals surface area contributed by atoms with E-state index >= 15 is 0 Å². The predicted octanol–water partition coefficient (Wildman–Crippen LogP) is 5.10. The Kier molecular flexibility index (Phi) is 2.81. The first kappa shape index (κ1) is 12.5. The van der Waals surface area contributed by atoms with Gasteiger partial charge < -0.3 is 4.57 Å². The number of rotatable bonds is 2. The average molecular weight is 253 g/mol. The molecule has 1 aliphatic carbocycles. The van der Waals surface area contributed by atoms with E-state index < -0.39 is 0 Å². The molecule has 100 valence electrons. The Hall–Kier alpha value is -1.50. The maximum Gasteiger partial charge on any atom is 0.0484 e. The van der Waals surface area contributed by atoms with Crippen LogP contribution in [0.2, 0.25) is 0 Å². The molecule has 1 heterocycles. The maximum atomic E-state index is 2.51. The van der Waals surface area contributed by atoms with Gasteiger partial charge in [-0.05, 0) is 48.4 Å². The monoisotopic (exact) mass is 253 g/mol. The molecule has 1 nitrogen and oxygen atoms in total. The van der Waals surface area contributed by atoms with Gasteiger partial charge in [0.25, 0.3) is 0 Å².